The number of benzene rings is 1. The zero-order chi connectivity index (χ0) is 14.0. The predicted molar refractivity (Wildman–Crippen MR) is 84.4 cm³/mol. The fourth-order valence-corrected chi connectivity index (χ4v) is 2.99. The molecule has 2 aromatic rings. The molecule has 19 heavy (non-hydrogen) atoms. The minimum absolute atomic E-state index is 0.860. The van der Waals surface area contributed by atoms with Crippen molar-refractivity contribution in [3.05, 3.63) is 34.5 Å². The van der Waals surface area contributed by atoms with Crippen LogP contribution in [0.3, 0.4) is 0 Å². The molecule has 1 aromatic heterocycles. The standard InChI is InChI=1S/C16H21ClN2/c1-5-13-11(4)18-15-9-8-12(19(6-2)7-3)10-14(15)16(13)17/h8-10H,5-7H2,1-4H3. The fraction of sp³-hybridized carbons (Fsp3) is 0.438. The Balaban J connectivity index is 2.64. The Morgan fingerprint density at radius 2 is 1.84 bits per heavy atom. The van der Waals surface area contributed by atoms with Gasteiger partial charge in [-0.05, 0) is 51.0 Å². The zero-order valence-corrected chi connectivity index (χ0v) is 12.9. The molecule has 0 atom stereocenters. The average Bonchev–Trinajstić information content (AvgIpc) is 2.41. The Morgan fingerprint density at radius 3 is 2.42 bits per heavy atom. The molecule has 0 saturated heterocycles. The van der Waals surface area contributed by atoms with Crippen molar-refractivity contribution in [3.63, 3.8) is 0 Å². The highest BCUT2D eigenvalue weighted by atomic mass is 35.5. The lowest BCUT2D eigenvalue weighted by Gasteiger charge is -2.21. The monoisotopic (exact) mass is 276 g/mol. The molecule has 0 amide bonds. The second-order valence-electron chi connectivity index (χ2n) is 4.72. The van der Waals surface area contributed by atoms with Crippen LogP contribution in [-0.2, 0) is 6.42 Å². The van der Waals surface area contributed by atoms with Crippen LogP contribution in [0.5, 0.6) is 0 Å². The fourth-order valence-electron chi connectivity index (χ4n) is 2.56. The number of anilines is 1. The molecule has 2 rings (SSSR count). The molecular weight excluding hydrogens is 256 g/mol. The number of pyridine rings is 1. The van der Waals surface area contributed by atoms with Gasteiger partial charge in [0.1, 0.15) is 0 Å². The molecule has 0 bridgehead atoms. The number of halogens is 1. The molecule has 102 valence electrons. The van der Waals surface area contributed by atoms with Gasteiger partial charge in [-0.15, -0.1) is 0 Å². The van der Waals surface area contributed by atoms with Gasteiger partial charge in [0.15, 0.2) is 0 Å². The first kappa shape index (κ1) is 14.1. The molecule has 0 aliphatic carbocycles. The summed E-state index contributed by atoms with van der Waals surface area (Å²) in [7, 11) is 0. The van der Waals surface area contributed by atoms with Crippen LogP contribution >= 0.6 is 11.6 Å². The van der Waals surface area contributed by atoms with Gasteiger partial charge in [0.2, 0.25) is 0 Å². The van der Waals surface area contributed by atoms with Crippen LogP contribution in [0.15, 0.2) is 18.2 Å². The summed E-state index contributed by atoms with van der Waals surface area (Å²) in [5, 5.41) is 1.92. The van der Waals surface area contributed by atoms with Crippen molar-refractivity contribution in [3.8, 4) is 0 Å². The molecule has 0 spiro atoms. The molecule has 0 fully saturated rings. The van der Waals surface area contributed by atoms with Gasteiger partial charge in [-0.3, -0.25) is 4.98 Å². The van der Waals surface area contributed by atoms with Gasteiger partial charge in [-0.2, -0.15) is 0 Å². The molecule has 0 saturated carbocycles. The maximum Gasteiger partial charge on any atom is 0.0721 e. The van der Waals surface area contributed by atoms with Gasteiger partial charge >= 0.3 is 0 Å². The summed E-state index contributed by atoms with van der Waals surface area (Å²) in [6.07, 6.45) is 0.920. The molecule has 1 heterocycles. The summed E-state index contributed by atoms with van der Waals surface area (Å²) in [6, 6.07) is 6.36. The van der Waals surface area contributed by atoms with Crippen molar-refractivity contribution in [2.24, 2.45) is 0 Å². The summed E-state index contributed by atoms with van der Waals surface area (Å²) < 4.78 is 0. The Kier molecular flexibility index (Phi) is 4.31. The van der Waals surface area contributed by atoms with Gasteiger partial charge in [-0.25, -0.2) is 0 Å². The second kappa shape index (κ2) is 5.79. The van der Waals surface area contributed by atoms with Crippen LogP contribution in [0.2, 0.25) is 5.02 Å². The molecular formula is C16H21ClN2. The highest BCUT2D eigenvalue weighted by Gasteiger charge is 2.11. The third kappa shape index (κ3) is 2.55. The lowest BCUT2D eigenvalue weighted by molar-refractivity contribution is 0.867. The molecule has 0 aliphatic heterocycles. The minimum Gasteiger partial charge on any atom is -0.372 e. The third-order valence-corrected chi connectivity index (χ3v) is 4.12. The van der Waals surface area contributed by atoms with Gasteiger partial charge in [0.25, 0.3) is 0 Å². The Bertz CT molecular complexity index is 589. The van der Waals surface area contributed by atoms with E-state index in [1.165, 1.54) is 5.69 Å². The van der Waals surface area contributed by atoms with Crippen molar-refractivity contribution in [1.82, 2.24) is 4.98 Å². The number of hydrogen-bond donors (Lipinski definition) is 0. The first-order valence-corrected chi connectivity index (χ1v) is 7.33. The lowest BCUT2D eigenvalue weighted by Crippen LogP contribution is -2.21. The van der Waals surface area contributed by atoms with Gasteiger partial charge < -0.3 is 4.90 Å². The highest BCUT2D eigenvalue weighted by Crippen LogP contribution is 2.31. The SMILES string of the molecule is CCc1c(C)nc2ccc(N(CC)CC)cc2c1Cl. The second-order valence-corrected chi connectivity index (χ2v) is 5.10. The first-order valence-electron chi connectivity index (χ1n) is 6.96. The quantitative estimate of drug-likeness (QED) is 0.811. The maximum atomic E-state index is 6.55. The van der Waals surface area contributed by atoms with E-state index in [0.29, 0.717) is 0 Å². The smallest absolute Gasteiger partial charge is 0.0721 e. The van der Waals surface area contributed by atoms with Crippen molar-refractivity contribution in [1.29, 1.82) is 0 Å². The van der Waals surface area contributed by atoms with E-state index >= 15 is 0 Å². The number of hydrogen-bond acceptors (Lipinski definition) is 2. The summed E-state index contributed by atoms with van der Waals surface area (Å²) in [6.45, 7) is 10.5. The summed E-state index contributed by atoms with van der Waals surface area (Å²) in [5.41, 5.74) is 4.39. The van der Waals surface area contributed by atoms with E-state index in [-0.39, 0.29) is 0 Å². The van der Waals surface area contributed by atoms with Crippen LogP contribution in [-0.4, -0.2) is 18.1 Å². The molecule has 0 radical (unpaired) electrons. The van der Waals surface area contributed by atoms with Crippen molar-refractivity contribution in [2.75, 3.05) is 18.0 Å². The zero-order valence-electron chi connectivity index (χ0n) is 12.1. The normalized spacial score (nSPS) is 11.0. The molecule has 0 unspecified atom stereocenters. The third-order valence-electron chi connectivity index (χ3n) is 3.69. The number of aryl methyl sites for hydroxylation is 1. The molecule has 0 N–H and O–H groups in total. The van der Waals surface area contributed by atoms with Crippen molar-refractivity contribution >= 4 is 28.2 Å². The molecule has 1 aromatic carbocycles. The van der Waals surface area contributed by atoms with Crippen molar-refractivity contribution in [2.45, 2.75) is 34.1 Å². The van der Waals surface area contributed by atoms with Crippen LogP contribution in [0.25, 0.3) is 10.9 Å². The van der Waals surface area contributed by atoms with Crippen LogP contribution in [0.4, 0.5) is 5.69 Å². The number of aromatic nitrogens is 1. The number of nitrogens with zero attached hydrogens (tertiary/aromatic N) is 2. The van der Waals surface area contributed by atoms with E-state index < -0.39 is 0 Å². The summed E-state index contributed by atoms with van der Waals surface area (Å²) in [4.78, 5) is 6.98. The van der Waals surface area contributed by atoms with Gasteiger partial charge in [0.05, 0.1) is 10.5 Å². The van der Waals surface area contributed by atoms with Gasteiger partial charge in [-0.1, -0.05) is 18.5 Å². The van der Waals surface area contributed by atoms with Crippen LogP contribution in [0.1, 0.15) is 32.0 Å². The molecule has 2 nitrogen and oxygen atoms in total. The number of rotatable bonds is 4. The van der Waals surface area contributed by atoms with Gasteiger partial charge in [0, 0.05) is 29.9 Å². The molecule has 0 aliphatic rings. The number of fused-ring (bicyclic) bond motifs is 1. The first-order chi connectivity index (χ1) is 9.12. The van der Waals surface area contributed by atoms with E-state index in [4.69, 9.17) is 11.6 Å². The highest BCUT2D eigenvalue weighted by molar-refractivity contribution is 6.36. The lowest BCUT2D eigenvalue weighted by atomic mass is 10.1. The maximum absolute atomic E-state index is 6.55. The summed E-state index contributed by atoms with van der Waals surface area (Å²) >= 11 is 6.55. The Labute approximate surface area is 120 Å². The molecule has 3 heteroatoms. The van der Waals surface area contributed by atoms with Crippen LogP contribution in [0, 0.1) is 6.92 Å². The Hall–Kier alpha value is -1.28. The topological polar surface area (TPSA) is 16.1 Å². The van der Waals surface area contributed by atoms with E-state index in [0.717, 1.165) is 46.7 Å². The largest absolute Gasteiger partial charge is 0.372 e. The predicted octanol–water partition coefficient (Wildman–Crippen LogP) is 4.61. The minimum atomic E-state index is 0.860. The van der Waals surface area contributed by atoms with Crippen molar-refractivity contribution < 1.29 is 0 Å². The average molecular weight is 277 g/mol. The van der Waals surface area contributed by atoms with E-state index in [9.17, 15) is 0 Å². The van der Waals surface area contributed by atoms with Crippen LogP contribution < -0.4 is 4.90 Å². The Morgan fingerprint density at radius 1 is 1.16 bits per heavy atom. The van der Waals surface area contributed by atoms with E-state index in [1.807, 2.05) is 6.92 Å². The van der Waals surface area contributed by atoms with E-state index in [2.05, 4.69) is 48.9 Å². The van der Waals surface area contributed by atoms with E-state index in [1.54, 1.807) is 0 Å². The summed E-state index contributed by atoms with van der Waals surface area (Å²) in [5.74, 6) is 0.